The van der Waals surface area contributed by atoms with E-state index in [4.69, 9.17) is 21.1 Å². The summed E-state index contributed by atoms with van der Waals surface area (Å²) in [5.41, 5.74) is 1.29. The molecule has 0 heterocycles. The Morgan fingerprint density at radius 3 is 2.05 bits per heavy atom. The van der Waals surface area contributed by atoms with Crippen LogP contribution in [0.15, 0.2) is 47.4 Å². The zero-order valence-corrected chi connectivity index (χ0v) is 13.9. The number of alkyl halides is 1. The zero-order chi connectivity index (χ0) is 16.2. The summed E-state index contributed by atoms with van der Waals surface area (Å²) in [4.78, 5) is 0.275. The molecule has 0 unspecified atom stereocenters. The molecule has 0 saturated heterocycles. The lowest BCUT2D eigenvalue weighted by Crippen LogP contribution is -2.07. The summed E-state index contributed by atoms with van der Waals surface area (Å²) in [6.07, 6.45) is 0. The van der Waals surface area contributed by atoms with Crippen molar-refractivity contribution in [3.05, 3.63) is 53.6 Å². The summed E-state index contributed by atoms with van der Waals surface area (Å²) in [7, 11) is -0.439. The molecule has 0 aliphatic heterocycles. The number of halogens is 1. The maximum absolute atomic E-state index is 12.5. The Bertz CT molecular complexity index is 742. The molecule has 118 valence electrons. The third-order valence-electron chi connectivity index (χ3n) is 3.28. The number of sulfone groups is 1. The highest BCUT2D eigenvalue weighted by atomic mass is 35.5. The Morgan fingerprint density at radius 1 is 0.955 bits per heavy atom. The van der Waals surface area contributed by atoms with Crippen LogP contribution < -0.4 is 9.47 Å². The van der Waals surface area contributed by atoms with Crippen molar-refractivity contribution in [2.24, 2.45) is 0 Å². The Kier molecular flexibility index (Phi) is 5.32. The standard InChI is InChI=1S/C16H17ClO4S/c1-20-15-9-13(16(21-2)8-12(15)10-17)11-22(18,19)14-6-4-3-5-7-14/h3-9H,10-11H2,1-2H3. The Hall–Kier alpha value is -1.72. The van der Waals surface area contributed by atoms with Crippen molar-refractivity contribution < 1.29 is 17.9 Å². The molecule has 0 N–H and O–H groups in total. The van der Waals surface area contributed by atoms with E-state index in [-0.39, 0.29) is 16.5 Å². The normalized spacial score (nSPS) is 11.2. The third kappa shape index (κ3) is 3.54. The van der Waals surface area contributed by atoms with Gasteiger partial charge in [0.1, 0.15) is 11.5 Å². The quantitative estimate of drug-likeness (QED) is 0.756. The Balaban J connectivity index is 2.44. The van der Waals surface area contributed by atoms with Crippen molar-refractivity contribution in [3.8, 4) is 11.5 Å². The lowest BCUT2D eigenvalue weighted by atomic mass is 10.1. The van der Waals surface area contributed by atoms with Gasteiger partial charge in [-0.15, -0.1) is 11.6 Å². The first-order chi connectivity index (χ1) is 10.5. The highest BCUT2D eigenvalue weighted by molar-refractivity contribution is 7.90. The molecule has 0 bridgehead atoms. The Labute approximate surface area is 135 Å². The van der Waals surface area contributed by atoms with Crippen LogP contribution in [0.25, 0.3) is 0 Å². The molecule has 2 aromatic rings. The van der Waals surface area contributed by atoms with Crippen LogP contribution in [0, 0.1) is 0 Å². The first-order valence-electron chi connectivity index (χ1n) is 6.59. The second-order valence-electron chi connectivity index (χ2n) is 4.68. The van der Waals surface area contributed by atoms with Crippen LogP contribution in [0.3, 0.4) is 0 Å². The van der Waals surface area contributed by atoms with Gasteiger partial charge in [-0.05, 0) is 24.3 Å². The highest BCUT2D eigenvalue weighted by Gasteiger charge is 2.19. The monoisotopic (exact) mass is 340 g/mol. The predicted molar refractivity (Wildman–Crippen MR) is 86.4 cm³/mol. The minimum absolute atomic E-state index is 0.168. The first kappa shape index (κ1) is 16.6. The lowest BCUT2D eigenvalue weighted by Gasteiger charge is -2.14. The first-order valence-corrected chi connectivity index (χ1v) is 8.78. The summed E-state index contributed by atoms with van der Waals surface area (Å²) < 4.78 is 35.6. The number of benzene rings is 2. The fraction of sp³-hybridized carbons (Fsp3) is 0.250. The second kappa shape index (κ2) is 7.03. The van der Waals surface area contributed by atoms with Gasteiger partial charge in [0.25, 0.3) is 0 Å². The van der Waals surface area contributed by atoms with Crippen LogP contribution in [0.4, 0.5) is 0 Å². The largest absolute Gasteiger partial charge is 0.496 e. The van der Waals surface area contributed by atoms with Gasteiger partial charge in [-0.25, -0.2) is 8.42 Å². The van der Waals surface area contributed by atoms with E-state index in [1.54, 1.807) is 42.5 Å². The summed E-state index contributed by atoms with van der Waals surface area (Å²) in [5, 5.41) is 0. The minimum Gasteiger partial charge on any atom is -0.496 e. The van der Waals surface area contributed by atoms with E-state index in [2.05, 4.69) is 0 Å². The molecule has 0 aliphatic rings. The van der Waals surface area contributed by atoms with Crippen LogP contribution in [0.1, 0.15) is 11.1 Å². The molecule has 0 amide bonds. The van der Waals surface area contributed by atoms with Crippen LogP contribution in [-0.2, 0) is 21.5 Å². The lowest BCUT2D eigenvalue weighted by molar-refractivity contribution is 0.397. The van der Waals surface area contributed by atoms with Gasteiger partial charge in [0, 0.05) is 11.1 Å². The second-order valence-corrected chi connectivity index (χ2v) is 6.94. The molecule has 4 nitrogen and oxygen atoms in total. The van der Waals surface area contributed by atoms with Crippen LogP contribution in [-0.4, -0.2) is 22.6 Å². The zero-order valence-electron chi connectivity index (χ0n) is 12.4. The Morgan fingerprint density at radius 2 is 1.50 bits per heavy atom. The number of rotatable bonds is 6. The molecule has 22 heavy (non-hydrogen) atoms. The van der Waals surface area contributed by atoms with E-state index in [1.807, 2.05) is 0 Å². The molecule has 2 rings (SSSR count). The van der Waals surface area contributed by atoms with Crippen molar-refractivity contribution in [3.63, 3.8) is 0 Å². The van der Waals surface area contributed by atoms with Crippen molar-refractivity contribution in [2.75, 3.05) is 14.2 Å². The van der Waals surface area contributed by atoms with Gasteiger partial charge in [0.05, 0.1) is 30.7 Å². The molecule has 2 aromatic carbocycles. The fourth-order valence-corrected chi connectivity index (χ4v) is 3.74. The molecular formula is C16H17ClO4S. The summed E-state index contributed by atoms with van der Waals surface area (Å²) in [6, 6.07) is 11.7. The predicted octanol–water partition coefficient (Wildman–Crippen LogP) is 3.42. The van der Waals surface area contributed by atoms with Gasteiger partial charge in [-0.3, -0.25) is 0 Å². The summed E-state index contributed by atoms with van der Waals surface area (Å²) in [6.45, 7) is 0. The summed E-state index contributed by atoms with van der Waals surface area (Å²) in [5.74, 6) is 1.12. The molecule has 0 spiro atoms. The third-order valence-corrected chi connectivity index (χ3v) is 5.24. The molecule has 0 atom stereocenters. The average molecular weight is 341 g/mol. The van der Waals surface area contributed by atoms with Crippen LogP contribution in [0.2, 0.25) is 0 Å². The number of hydrogen-bond donors (Lipinski definition) is 0. The van der Waals surface area contributed by atoms with Crippen LogP contribution >= 0.6 is 11.6 Å². The molecule has 0 saturated carbocycles. The molecule has 6 heteroatoms. The summed E-state index contributed by atoms with van der Waals surface area (Å²) >= 11 is 5.87. The van der Waals surface area contributed by atoms with Gasteiger partial charge in [-0.2, -0.15) is 0 Å². The van der Waals surface area contributed by atoms with Gasteiger partial charge < -0.3 is 9.47 Å². The number of methoxy groups -OCH3 is 2. The highest BCUT2D eigenvalue weighted by Crippen LogP contribution is 2.32. The minimum atomic E-state index is -3.46. The molecule has 0 radical (unpaired) electrons. The van der Waals surface area contributed by atoms with E-state index in [1.165, 1.54) is 14.2 Å². The van der Waals surface area contributed by atoms with E-state index in [9.17, 15) is 8.42 Å². The van der Waals surface area contributed by atoms with Crippen LogP contribution in [0.5, 0.6) is 11.5 Å². The van der Waals surface area contributed by atoms with E-state index >= 15 is 0 Å². The maximum Gasteiger partial charge on any atom is 0.182 e. The smallest absolute Gasteiger partial charge is 0.182 e. The van der Waals surface area contributed by atoms with Gasteiger partial charge in [-0.1, -0.05) is 18.2 Å². The van der Waals surface area contributed by atoms with E-state index in [0.717, 1.165) is 5.56 Å². The number of hydrogen-bond acceptors (Lipinski definition) is 4. The van der Waals surface area contributed by atoms with E-state index < -0.39 is 9.84 Å². The van der Waals surface area contributed by atoms with Gasteiger partial charge in [0.15, 0.2) is 9.84 Å². The molecule has 0 fully saturated rings. The van der Waals surface area contributed by atoms with Crippen molar-refractivity contribution in [2.45, 2.75) is 16.5 Å². The van der Waals surface area contributed by atoms with Crippen molar-refractivity contribution in [1.82, 2.24) is 0 Å². The molecule has 0 aliphatic carbocycles. The maximum atomic E-state index is 12.5. The average Bonchev–Trinajstić information content (AvgIpc) is 2.55. The molecule has 0 aromatic heterocycles. The molecular weight excluding hydrogens is 324 g/mol. The topological polar surface area (TPSA) is 52.6 Å². The SMILES string of the molecule is COc1cc(CS(=O)(=O)c2ccccc2)c(OC)cc1CCl. The fourth-order valence-electron chi connectivity index (χ4n) is 2.16. The van der Waals surface area contributed by atoms with Crippen molar-refractivity contribution >= 4 is 21.4 Å². The number of ether oxygens (including phenoxy) is 2. The van der Waals surface area contributed by atoms with Crippen molar-refractivity contribution in [1.29, 1.82) is 0 Å². The van der Waals surface area contributed by atoms with E-state index in [0.29, 0.717) is 17.1 Å². The van der Waals surface area contributed by atoms with Gasteiger partial charge in [0.2, 0.25) is 0 Å². The van der Waals surface area contributed by atoms with Gasteiger partial charge >= 0.3 is 0 Å².